The van der Waals surface area contributed by atoms with Crippen LogP contribution in [-0.4, -0.2) is 42.1 Å². The van der Waals surface area contributed by atoms with Crippen molar-refractivity contribution in [1.82, 2.24) is 19.9 Å². The predicted octanol–water partition coefficient (Wildman–Crippen LogP) is 4.05. The van der Waals surface area contributed by atoms with Crippen molar-refractivity contribution in [1.29, 1.82) is 0 Å². The van der Waals surface area contributed by atoms with E-state index in [1.807, 2.05) is 0 Å². The highest BCUT2D eigenvalue weighted by molar-refractivity contribution is 5.99. The number of nitrogens with zero attached hydrogens (tertiary/aromatic N) is 2. The van der Waals surface area contributed by atoms with Gasteiger partial charge in [0.25, 0.3) is 0 Å². The largest absolute Gasteiger partial charge is 0.478 e. The van der Waals surface area contributed by atoms with Crippen LogP contribution in [-0.2, 0) is 0 Å². The van der Waals surface area contributed by atoms with Gasteiger partial charge in [-0.25, -0.2) is 19.6 Å². The lowest BCUT2D eigenvalue weighted by Crippen LogP contribution is -1.93. The molecule has 0 unspecified atom stereocenters. The number of carboxylic acids is 2. The molecule has 0 aliphatic carbocycles. The smallest absolute Gasteiger partial charge is 0.337 e. The van der Waals surface area contributed by atoms with E-state index >= 15 is 0 Å². The number of hydrogen-bond donors (Lipinski definition) is 4. The van der Waals surface area contributed by atoms with Crippen LogP contribution < -0.4 is 0 Å². The summed E-state index contributed by atoms with van der Waals surface area (Å²) in [5.41, 5.74) is 4.69. The fourth-order valence-corrected chi connectivity index (χ4v) is 3.45. The van der Waals surface area contributed by atoms with Crippen LogP contribution in [0.25, 0.3) is 46.4 Å². The Morgan fingerprint density at radius 2 is 0.967 bits per heavy atom. The molecule has 0 radical (unpaired) electrons. The summed E-state index contributed by atoms with van der Waals surface area (Å²) in [4.78, 5) is 38.4. The molecule has 0 atom stereocenters. The van der Waals surface area contributed by atoms with E-state index in [-0.39, 0.29) is 11.1 Å². The van der Waals surface area contributed by atoms with E-state index in [2.05, 4.69) is 19.9 Å². The number of carbonyl (C=O) groups is 2. The Labute approximate surface area is 168 Å². The van der Waals surface area contributed by atoms with Crippen LogP contribution >= 0.6 is 0 Å². The first-order valence-electron chi connectivity index (χ1n) is 9.04. The molecule has 2 aliphatic rings. The third-order valence-electron chi connectivity index (χ3n) is 4.76. The maximum Gasteiger partial charge on any atom is 0.337 e. The number of aromatic amines is 2. The number of aromatic carboxylic acids is 2. The van der Waals surface area contributed by atoms with Gasteiger partial charge < -0.3 is 20.2 Å². The van der Waals surface area contributed by atoms with Crippen LogP contribution in [0, 0.1) is 0 Å². The standard InChI is InChI=1S/C22H14N4O4/c27-21(28)17-7-15-5-11-1-3-13(23-11)9-19-18(22(29)30)8-16(26-19)6-12-2-4-14(24-12)10-20(17)25-15/h1-10,25-26H,(H,27,28)(H,29,30). The van der Waals surface area contributed by atoms with Crippen molar-refractivity contribution in [3.05, 3.63) is 70.3 Å². The van der Waals surface area contributed by atoms with E-state index in [0.717, 1.165) is 0 Å². The van der Waals surface area contributed by atoms with Crippen LogP contribution in [0.2, 0.25) is 0 Å². The number of hydrogen-bond acceptors (Lipinski definition) is 4. The molecule has 146 valence electrons. The molecule has 8 bridgehead atoms. The minimum atomic E-state index is -1.04. The molecule has 2 aliphatic heterocycles. The maximum atomic E-state index is 11.6. The maximum absolute atomic E-state index is 11.6. The Hall–Kier alpha value is -4.46. The lowest BCUT2D eigenvalue weighted by Gasteiger charge is -1.88. The van der Waals surface area contributed by atoms with E-state index in [1.54, 1.807) is 60.7 Å². The predicted molar refractivity (Wildman–Crippen MR) is 113 cm³/mol. The van der Waals surface area contributed by atoms with Gasteiger partial charge in [0.05, 0.1) is 44.9 Å². The third-order valence-corrected chi connectivity index (χ3v) is 4.76. The highest BCUT2D eigenvalue weighted by Gasteiger charge is 2.12. The second-order valence-electron chi connectivity index (χ2n) is 6.88. The van der Waals surface area contributed by atoms with E-state index in [1.165, 1.54) is 0 Å². The molecule has 30 heavy (non-hydrogen) atoms. The summed E-state index contributed by atoms with van der Waals surface area (Å²) in [6.07, 6.45) is 7.07. The molecule has 0 aromatic carbocycles. The van der Waals surface area contributed by atoms with Crippen molar-refractivity contribution >= 4 is 58.3 Å². The highest BCUT2D eigenvalue weighted by Crippen LogP contribution is 2.21. The quantitative estimate of drug-likeness (QED) is 0.355. The van der Waals surface area contributed by atoms with Gasteiger partial charge in [-0.15, -0.1) is 0 Å². The van der Waals surface area contributed by atoms with Crippen LogP contribution in [0.3, 0.4) is 0 Å². The number of H-pyrrole nitrogens is 2. The molecule has 5 heterocycles. The van der Waals surface area contributed by atoms with Crippen LogP contribution in [0.1, 0.15) is 43.5 Å². The number of aromatic nitrogens is 4. The van der Waals surface area contributed by atoms with E-state index < -0.39 is 11.9 Å². The zero-order valence-electron chi connectivity index (χ0n) is 15.4. The van der Waals surface area contributed by atoms with Gasteiger partial charge in [0, 0.05) is 11.0 Å². The summed E-state index contributed by atoms with van der Waals surface area (Å²) < 4.78 is 0. The monoisotopic (exact) mass is 398 g/mol. The number of nitrogens with one attached hydrogen (secondary N) is 2. The van der Waals surface area contributed by atoms with Gasteiger partial charge in [0.15, 0.2) is 0 Å². The second-order valence-corrected chi connectivity index (χ2v) is 6.88. The Kier molecular flexibility index (Phi) is 3.85. The molecule has 0 spiro atoms. The number of fused-ring (bicyclic) bond motifs is 8. The van der Waals surface area contributed by atoms with Crippen molar-refractivity contribution < 1.29 is 19.8 Å². The van der Waals surface area contributed by atoms with Gasteiger partial charge in [-0.1, -0.05) is 0 Å². The van der Waals surface area contributed by atoms with Gasteiger partial charge in [-0.2, -0.15) is 0 Å². The molecule has 3 aromatic rings. The molecule has 0 saturated heterocycles. The molecule has 4 N–H and O–H groups in total. The fraction of sp³-hybridized carbons (Fsp3) is 0. The van der Waals surface area contributed by atoms with Crippen LogP contribution in [0.15, 0.2) is 36.4 Å². The van der Waals surface area contributed by atoms with Crippen LogP contribution in [0.4, 0.5) is 0 Å². The van der Waals surface area contributed by atoms with Crippen molar-refractivity contribution in [2.45, 2.75) is 0 Å². The molecular weight excluding hydrogens is 384 g/mol. The number of carboxylic acid groups (broad SMARTS) is 2. The van der Waals surface area contributed by atoms with Gasteiger partial charge in [-0.3, -0.25) is 0 Å². The Bertz CT molecular complexity index is 1350. The third kappa shape index (κ3) is 3.16. The summed E-state index contributed by atoms with van der Waals surface area (Å²) in [5.74, 6) is -2.09. The first-order valence-corrected chi connectivity index (χ1v) is 9.04. The van der Waals surface area contributed by atoms with Gasteiger partial charge >= 0.3 is 11.9 Å². The van der Waals surface area contributed by atoms with Crippen molar-refractivity contribution in [3.63, 3.8) is 0 Å². The molecule has 5 rings (SSSR count). The minimum absolute atomic E-state index is 0.136. The summed E-state index contributed by atoms with van der Waals surface area (Å²) in [6, 6.07) is 9.85. The minimum Gasteiger partial charge on any atom is -0.478 e. The SMILES string of the molecule is O=C(O)c1cc2cc3nc(cc4[nH]c(cc5nc(cc1[nH]2)C=C5)cc4C(=O)O)C=C3. The summed E-state index contributed by atoms with van der Waals surface area (Å²) in [6.45, 7) is 0. The zero-order chi connectivity index (χ0) is 20.8. The first-order chi connectivity index (χ1) is 14.4. The lowest BCUT2D eigenvalue weighted by molar-refractivity contribution is 0.0688. The molecular formula is C22H14N4O4. The highest BCUT2D eigenvalue weighted by atomic mass is 16.4. The van der Waals surface area contributed by atoms with Crippen LogP contribution in [0.5, 0.6) is 0 Å². The molecule has 8 heteroatoms. The van der Waals surface area contributed by atoms with Gasteiger partial charge in [0.1, 0.15) is 0 Å². The van der Waals surface area contributed by atoms with E-state index in [0.29, 0.717) is 44.8 Å². The normalized spacial score (nSPS) is 12.3. The Morgan fingerprint density at radius 3 is 1.33 bits per heavy atom. The average molecular weight is 398 g/mol. The topological polar surface area (TPSA) is 132 Å². The molecule has 0 saturated carbocycles. The fourth-order valence-electron chi connectivity index (χ4n) is 3.45. The molecule has 0 fully saturated rings. The molecule has 0 amide bonds. The van der Waals surface area contributed by atoms with Crippen molar-refractivity contribution in [3.8, 4) is 0 Å². The Balaban J connectivity index is 1.88. The molecule has 3 aromatic heterocycles. The number of rotatable bonds is 2. The summed E-state index contributed by atoms with van der Waals surface area (Å²) >= 11 is 0. The van der Waals surface area contributed by atoms with Gasteiger partial charge in [0.2, 0.25) is 0 Å². The lowest BCUT2D eigenvalue weighted by atomic mass is 10.2. The second kappa shape index (κ2) is 6.56. The summed E-state index contributed by atoms with van der Waals surface area (Å²) in [5, 5.41) is 19.1. The van der Waals surface area contributed by atoms with Crippen molar-refractivity contribution in [2.24, 2.45) is 0 Å². The molecule has 8 nitrogen and oxygen atoms in total. The van der Waals surface area contributed by atoms with Gasteiger partial charge in [-0.05, 0) is 60.7 Å². The summed E-state index contributed by atoms with van der Waals surface area (Å²) in [7, 11) is 0. The van der Waals surface area contributed by atoms with Crippen molar-refractivity contribution in [2.75, 3.05) is 0 Å². The first kappa shape index (κ1) is 17.6. The van der Waals surface area contributed by atoms with E-state index in [4.69, 9.17) is 0 Å². The average Bonchev–Trinajstić information content (AvgIpc) is 3.44. The zero-order valence-corrected chi connectivity index (χ0v) is 15.4. The Morgan fingerprint density at radius 1 is 0.600 bits per heavy atom. The van der Waals surface area contributed by atoms with E-state index in [9.17, 15) is 19.8 Å².